The molecule has 0 saturated carbocycles. The minimum Gasteiger partial charge on any atom is -0.338 e. The van der Waals surface area contributed by atoms with Crippen LogP contribution in [0.3, 0.4) is 0 Å². The molecule has 0 aromatic carbocycles. The molecule has 1 rings (SSSR count). The van der Waals surface area contributed by atoms with E-state index in [0.29, 0.717) is 0 Å². The number of nitrogens with one attached hydrogen (secondary N) is 2. The molecule has 6 heteroatoms. The van der Waals surface area contributed by atoms with Gasteiger partial charge >= 0.3 is 6.03 Å². The van der Waals surface area contributed by atoms with Crippen LogP contribution in [0, 0.1) is 0 Å². The molecule has 10 heavy (non-hydrogen) atoms. The van der Waals surface area contributed by atoms with Gasteiger partial charge in [0.2, 0.25) is 6.34 Å². The van der Waals surface area contributed by atoms with Crippen molar-refractivity contribution in [3.8, 4) is 0 Å². The zero-order valence-corrected chi connectivity index (χ0v) is 5.75. The predicted molar refractivity (Wildman–Crippen MR) is 34.6 cm³/mol. The van der Waals surface area contributed by atoms with Gasteiger partial charge in [0, 0.05) is 14.1 Å². The molecule has 1 radical (unpaired) electrons. The van der Waals surface area contributed by atoms with Crippen LogP contribution < -0.4 is 10.9 Å². The van der Waals surface area contributed by atoms with Gasteiger partial charge in [-0.05, 0) is 0 Å². The number of carbonyl (C=O) groups excluding carboxylic acids is 1. The lowest BCUT2D eigenvalue weighted by Gasteiger charge is -2.20. The summed E-state index contributed by atoms with van der Waals surface area (Å²) in [4.78, 5) is 10.8. The van der Waals surface area contributed by atoms with E-state index in [2.05, 4.69) is 22.3 Å². The summed E-state index contributed by atoms with van der Waals surface area (Å²) in [5.74, 6) is 0. The molecule has 0 bridgehead atoms. The molecular formula is C4H8N5O. The average molecular weight is 142 g/mol. The van der Waals surface area contributed by atoms with Gasteiger partial charge in [-0.2, -0.15) is 5.53 Å². The molecule has 1 heterocycles. The highest BCUT2D eigenvalue weighted by atomic mass is 16.2. The first kappa shape index (κ1) is 6.66. The van der Waals surface area contributed by atoms with Gasteiger partial charge in [0.25, 0.3) is 0 Å². The van der Waals surface area contributed by atoms with Gasteiger partial charge in [-0.25, -0.2) is 9.80 Å². The molecule has 0 aromatic heterocycles. The number of rotatable bonds is 0. The van der Waals surface area contributed by atoms with Crippen LogP contribution in [0.1, 0.15) is 0 Å². The van der Waals surface area contributed by atoms with Crippen molar-refractivity contribution in [2.45, 2.75) is 0 Å². The fourth-order valence-corrected chi connectivity index (χ4v) is 0.541. The summed E-state index contributed by atoms with van der Waals surface area (Å²) in [6.07, 6.45) is 2.50. The number of hydrogen-bond donors (Lipinski definition) is 2. The molecule has 2 amide bonds. The van der Waals surface area contributed by atoms with Crippen LogP contribution in [0.25, 0.3) is 0 Å². The summed E-state index contributed by atoms with van der Waals surface area (Å²) >= 11 is 0. The van der Waals surface area contributed by atoms with E-state index in [9.17, 15) is 4.79 Å². The Balaban J connectivity index is 2.51. The summed E-state index contributed by atoms with van der Waals surface area (Å²) in [5, 5.41) is 8.51. The maximum atomic E-state index is 10.8. The minimum atomic E-state index is -0.281. The number of hydrazine groups is 2. The minimum absolute atomic E-state index is 0.281. The van der Waals surface area contributed by atoms with Crippen molar-refractivity contribution in [3.63, 3.8) is 0 Å². The molecule has 2 N–H and O–H groups in total. The monoisotopic (exact) mass is 142 g/mol. The Hall–Kier alpha value is -1.46. The van der Waals surface area contributed by atoms with Crippen molar-refractivity contribution in [3.05, 3.63) is 0 Å². The maximum absolute atomic E-state index is 10.8. The second-order valence-corrected chi connectivity index (χ2v) is 1.70. The standard InChI is InChI=1S/C4H8N5O/c1-5-4(10)9-7-6-3-8(9)2/h7H,1-2H3,(H,5,10). The molecule has 6 nitrogen and oxygen atoms in total. The van der Waals surface area contributed by atoms with E-state index in [1.807, 2.05) is 0 Å². The lowest BCUT2D eigenvalue weighted by atomic mass is 10.9. The van der Waals surface area contributed by atoms with Crippen LogP contribution in [-0.2, 0) is 0 Å². The summed E-state index contributed by atoms with van der Waals surface area (Å²) < 4.78 is 0. The number of nitrogens with zero attached hydrogens (tertiary/aromatic N) is 3. The molecule has 0 fully saturated rings. The first-order valence-electron chi connectivity index (χ1n) is 2.72. The van der Waals surface area contributed by atoms with E-state index in [-0.39, 0.29) is 6.03 Å². The Morgan fingerprint density at radius 2 is 2.50 bits per heavy atom. The fourth-order valence-electron chi connectivity index (χ4n) is 0.541. The van der Waals surface area contributed by atoms with E-state index >= 15 is 0 Å². The Kier molecular flexibility index (Phi) is 1.61. The molecule has 0 atom stereocenters. The van der Waals surface area contributed by atoms with E-state index in [1.54, 1.807) is 7.05 Å². The van der Waals surface area contributed by atoms with Crippen molar-refractivity contribution in [1.29, 1.82) is 0 Å². The van der Waals surface area contributed by atoms with Gasteiger partial charge in [0.1, 0.15) is 0 Å². The van der Waals surface area contributed by atoms with Crippen LogP contribution in [0.4, 0.5) is 4.79 Å². The number of hydrazone groups is 1. The number of carbonyl (C=O) groups is 1. The molecular weight excluding hydrogens is 134 g/mol. The highest BCUT2D eigenvalue weighted by Crippen LogP contribution is 1.92. The molecule has 1 aliphatic rings. The lowest BCUT2D eigenvalue weighted by molar-refractivity contribution is 0.0796. The smallest absolute Gasteiger partial charge is 0.338 e. The molecule has 0 aliphatic carbocycles. The Labute approximate surface area is 58.4 Å². The van der Waals surface area contributed by atoms with Crippen molar-refractivity contribution in [1.82, 2.24) is 21.0 Å². The predicted octanol–water partition coefficient (Wildman–Crippen LogP) is -1.19. The molecule has 1 aliphatic heterocycles. The number of hydrogen-bond acceptors (Lipinski definition) is 4. The van der Waals surface area contributed by atoms with Crippen LogP contribution >= 0.6 is 0 Å². The third kappa shape index (κ3) is 0.949. The van der Waals surface area contributed by atoms with E-state index in [0.717, 1.165) is 0 Å². The number of amides is 2. The van der Waals surface area contributed by atoms with Gasteiger partial charge in [-0.3, -0.25) is 0 Å². The SMILES string of the molecule is CNC(=O)N1NN=[C]N1C. The molecule has 0 aromatic rings. The van der Waals surface area contributed by atoms with Crippen LogP contribution in [0.5, 0.6) is 0 Å². The van der Waals surface area contributed by atoms with Crippen molar-refractivity contribution < 1.29 is 4.79 Å². The second-order valence-electron chi connectivity index (χ2n) is 1.70. The molecule has 55 valence electrons. The number of urea groups is 1. The van der Waals surface area contributed by atoms with E-state index < -0.39 is 0 Å². The normalized spacial score (nSPS) is 15.4. The second kappa shape index (κ2) is 2.42. The zero-order valence-electron chi connectivity index (χ0n) is 5.75. The van der Waals surface area contributed by atoms with Crippen molar-refractivity contribution >= 4 is 12.4 Å². The molecule has 0 unspecified atom stereocenters. The average Bonchev–Trinajstić information content (AvgIpc) is 2.34. The highest BCUT2D eigenvalue weighted by molar-refractivity contribution is 5.75. The van der Waals surface area contributed by atoms with Crippen LogP contribution in [-0.4, -0.2) is 36.6 Å². The summed E-state index contributed by atoms with van der Waals surface area (Å²) in [7, 11) is 3.19. The Morgan fingerprint density at radius 1 is 1.80 bits per heavy atom. The third-order valence-corrected chi connectivity index (χ3v) is 1.05. The summed E-state index contributed by atoms with van der Waals surface area (Å²) in [6, 6.07) is -0.281. The summed E-state index contributed by atoms with van der Waals surface area (Å²) in [6.45, 7) is 0. The molecule has 0 spiro atoms. The van der Waals surface area contributed by atoms with Gasteiger partial charge < -0.3 is 5.32 Å². The van der Waals surface area contributed by atoms with Gasteiger partial charge in [0.05, 0.1) is 0 Å². The van der Waals surface area contributed by atoms with Gasteiger partial charge in [0.15, 0.2) is 0 Å². The van der Waals surface area contributed by atoms with Gasteiger partial charge in [-0.1, -0.05) is 0 Å². The van der Waals surface area contributed by atoms with Crippen LogP contribution in [0.15, 0.2) is 5.10 Å². The first-order chi connectivity index (χ1) is 4.75. The summed E-state index contributed by atoms with van der Waals surface area (Å²) in [5.41, 5.74) is 2.42. The van der Waals surface area contributed by atoms with E-state index in [1.165, 1.54) is 17.2 Å². The lowest BCUT2D eigenvalue weighted by Crippen LogP contribution is -2.49. The van der Waals surface area contributed by atoms with Crippen LogP contribution in [0.2, 0.25) is 0 Å². The van der Waals surface area contributed by atoms with Crippen molar-refractivity contribution in [2.75, 3.05) is 14.1 Å². The first-order valence-corrected chi connectivity index (χ1v) is 2.72. The maximum Gasteiger partial charge on any atom is 0.357 e. The Bertz CT molecular complexity index is 167. The largest absolute Gasteiger partial charge is 0.357 e. The topological polar surface area (TPSA) is 60.0 Å². The quantitative estimate of drug-likeness (QED) is 0.447. The molecule has 0 saturated heterocycles. The van der Waals surface area contributed by atoms with E-state index in [4.69, 9.17) is 0 Å². The van der Waals surface area contributed by atoms with Crippen molar-refractivity contribution in [2.24, 2.45) is 5.10 Å². The Morgan fingerprint density at radius 3 is 2.90 bits per heavy atom. The third-order valence-electron chi connectivity index (χ3n) is 1.05. The highest BCUT2D eigenvalue weighted by Gasteiger charge is 2.18. The van der Waals surface area contributed by atoms with Gasteiger partial charge in [-0.15, -0.1) is 10.2 Å². The zero-order chi connectivity index (χ0) is 7.56. The fraction of sp³-hybridized carbons (Fsp3) is 0.500.